The minimum atomic E-state index is 0.638. The summed E-state index contributed by atoms with van der Waals surface area (Å²) in [5.41, 5.74) is 4.31. The molecule has 1 aromatic carbocycles. The maximum atomic E-state index is 4.87. The Morgan fingerprint density at radius 3 is 2.66 bits per heavy atom. The molecule has 4 aromatic heterocycles. The fourth-order valence-electron chi connectivity index (χ4n) is 3.38. The third-order valence-corrected chi connectivity index (χ3v) is 5.64. The van der Waals surface area contributed by atoms with Crippen LogP contribution in [0.5, 0.6) is 0 Å². The van der Waals surface area contributed by atoms with Crippen LogP contribution in [0.25, 0.3) is 16.2 Å². The van der Waals surface area contributed by atoms with E-state index in [-0.39, 0.29) is 0 Å². The number of fused-ring (bicyclic) bond motifs is 1. The quantitative estimate of drug-likeness (QED) is 0.449. The van der Waals surface area contributed by atoms with Crippen LogP contribution in [-0.2, 0) is 19.6 Å². The second-order valence-electron chi connectivity index (χ2n) is 6.81. The topological polar surface area (TPSA) is 60.0 Å². The van der Waals surface area contributed by atoms with E-state index in [4.69, 9.17) is 5.10 Å². The zero-order chi connectivity index (χ0) is 19.5. The van der Waals surface area contributed by atoms with Gasteiger partial charge in [-0.3, -0.25) is 9.08 Å². The molecular formula is C22H20N6S. The third kappa shape index (κ3) is 3.83. The Morgan fingerprint density at radius 2 is 1.79 bits per heavy atom. The number of nitrogens with zero attached hydrogens (tertiary/aromatic N) is 5. The maximum absolute atomic E-state index is 4.87. The molecule has 0 spiro atoms. The Bertz CT molecular complexity index is 1210. The van der Waals surface area contributed by atoms with Crippen molar-refractivity contribution in [3.63, 3.8) is 0 Å². The SMILES string of the molecule is c1ccc(Cn2cc(CNCc3nnc4ccccn34)c(-c3cccs3)n2)cc1. The predicted molar refractivity (Wildman–Crippen MR) is 115 cm³/mol. The van der Waals surface area contributed by atoms with E-state index in [1.165, 1.54) is 16.0 Å². The first-order chi connectivity index (χ1) is 14.4. The average Bonchev–Trinajstić information content (AvgIpc) is 3.49. The Labute approximate surface area is 172 Å². The molecule has 144 valence electrons. The first-order valence-corrected chi connectivity index (χ1v) is 10.4. The Hall–Kier alpha value is -3.29. The molecule has 0 radical (unpaired) electrons. The molecule has 29 heavy (non-hydrogen) atoms. The molecule has 6 nitrogen and oxygen atoms in total. The summed E-state index contributed by atoms with van der Waals surface area (Å²) >= 11 is 1.71. The maximum Gasteiger partial charge on any atom is 0.160 e. The van der Waals surface area contributed by atoms with Crippen molar-refractivity contribution in [1.82, 2.24) is 29.7 Å². The summed E-state index contributed by atoms with van der Waals surface area (Å²) in [6.45, 7) is 2.11. The van der Waals surface area contributed by atoms with Gasteiger partial charge >= 0.3 is 0 Å². The summed E-state index contributed by atoms with van der Waals surface area (Å²) in [5, 5.41) is 19.0. The highest BCUT2D eigenvalue weighted by Gasteiger charge is 2.13. The molecule has 0 bridgehead atoms. The molecule has 7 heteroatoms. The fraction of sp³-hybridized carbons (Fsp3) is 0.136. The van der Waals surface area contributed by atoms with Crippen molar-refractivity contribution in [3.8, 4) is 10.6 Å². The van der Waals surface area contributed by atoms with Crippen LogP contribution in [0.4, 0.5) is 0 Å². The summed E-state index contributed by atoms with van der Waals surface area (Å²) < 4.78 is 4.03. The second kappa shape index (κ2) is 7.98. The van der Waals surface area contributed by atoms with Crippen molar-refractivity contribution < 1.29 is 0 Å². The van der Waals surface area contributed by atoms with Gasteiger partial charge in [-0.25, -0.2) is 0 Å². The molecular weight excluding hydrogens is 380 g/mol. The van der Waals surface area contributed by atoms with E-state index in [1.807, 2.05) is 39.5 Å². The second-order valence-corrected chi connectivity index (χ2v) is 7.76. The molecule has 5 rings (SSSR count). The van der Waals surface area contributed by atoms with Crippen molar-refractivity contribution in [2.45, 2.75) is 19.6 Å². The highest BCUT2D eigenvalue weighted by atomic mass is 32.1. The monoisotopic (exact) mass is 400 g/mol. The predicted octanol–water partition coefficient (Wildman–Crippen LogP) is 3.99. The molecule has 0 aliphatic heterocycles. The van der Waals surface area contributed by atoms with Crippen LogP contribution in [0.3, 0.4) is 0 Å². The molecule has 0 amide bonds. The number of pyridine rings is 1. The number of rotatable bonds is 7. The molecule has 0 aliphatic rings. The van der Waals surface area contributed by atoms with Crippen LogP contribution in [-0.4, -0.2) is 24.4 Å². The van der Waals surface area contributed by atoms with Gasteiger partial charge in [0.2, 0.25) is 0 Å². The van der Waals surface area contributed by atoms with Crippen molar-refractivity contribution in [2.24, 2.45) is 0 Å². The van der Waals surface area contributed by atoms with Crippen LogP contribution in [0.2, 0.25) is 0 Å². The highest BCUT2D eigenvalue weighted by molar-refractivity contribution is 7.13. The number of hydrogen-bond acceptors (Lipinski definition) is 5. The lowest BCUT2D eigenvalue weighted by Gasteiger charge is -2.03. The first kappa shape index (κ1) is 17.8. The molecule has 0 saturated heterocycles. The van der Waals surface area contributed by atoms with Crippen molar-refractivity contribution in [2.75, 3.05) is 0 Å². The van der Waals surface area contributed by atoms with Crippen LogP contribution in [0.15, 0.2) is 78.4 Å². The molecule has 0 atom stereocenters. The molecule has 0 unspecified atom stereocenters. The van der Waals surface area contributed by atoms with Gasteiger partial charge in [0.1, 0.15) is 5.69 Å². The largest absolute Gasteiger partial charge is 0.306 e. The van der Waals surface area contributed by atoms with E-state index >= 15 is 0 Å². The lowest BCUT2D eigenvalue weighted by Crippen LogP contribution is -2.15. The van der Waals surface area contributed by atoms with Crippen LogP contribution >= 0.6 is 11.3 Å². The van der Waals surface area contributed by atoms with Gasteiger partial charge < -0.3 is 5.32 Å². The number of hydrogen-bond donors (Lipinski definition) is 1. The molecule has 0 fully saturated rings. The number of thiophene rings is 1. The van der Waals surface area contributed by atoms with Gasteiger partial charge in [0.25, 0.3) is 0 Å². The van der Waals surface area contributed by atoms with E-state index < -0.39 is 0 Å². The van der Waals surface area contributed by atoms with Crippen molar-refractivity contribution >= 4 is 17.0 Å². The molecule has 0 saturated carbocycles. The Balaban J connectivity index is 1.35. The van der Waals surface area contributed by atoms with Crippen molar-refractivity contribution in [3.05, 3.63) is 95.4 Å². The van der Waals surface area contributed by atoms with E-state index in [9.17, 15) is 0 Å². The van der Waals surface area contributed by atoms with Crippen LogP contribution in [0.1, 0.15) is 17.0 Å². The summed E-state index contributed by atoms with van der Waals surface area (Å²) in [4.78, 5) is 1.18. The summed E-state index contributed by atoms with van der Waals surface area (Å²) in [6, 6.07) is 20.5. The molecule has 5 aromatic rings. The zero-order valence-electron chi connectivity index (χ0n) is 15.8. The number of nitrogens with one attached hydrogen (secondary N) is 1. The minimum Gasteiger partial charge on any atom is -0.306 e. The standard InChI is InChI=1S/C22H20N6S/c1-2-7-17(8-3-1)15-27-16-18(22(26-27)19-9-6-12-29-19)13-23-14-21-25-24-20-10-4-5-11-28(20)21/h1-12,16,23H,13-15H2. The number of aromatic nitrogens is 5. The van der Waals surface area contributed by atoms with Gasteiger partial charge in [-0.05, 0) is 29.1 Å². The van der Waals surface area contributed by atoms with Gasteiger partial charge in [-0.15, -0.1) is 21.5 Å². The fourth-order valence-corrected chi connectivity index (χ4v) is 4.13. The minimum absolute atomic E-state index is 0.638. The van der Waals surface area contributed by atoms with E-state index in [0.717, 1.165) is 23.7 Å². The summed E-state index contributed by atoms with van der Waals surface area (Å²) in [5.74, 6) is 0.898. The van der Waals surface area contributed by atoms with E-state index in [0.29, 0.717) is 13.1 Å². The average molecular weight is 401 g/mol. The lowest BCUT2D eigenvalue weighted by molar-refractivity contribution is 0.653. The first-order valence-electron chi connectivity index (χ1n) is 9.50. The van der Waals surface area contributed by atoms with E-state index in [1.54, 1.807) is 11.3 Å². The van der Waals surface area contributed by atoms with Gasteiger partial charge in [-0.1, -0.05) is 42.5 Å². The van der Waals surface area contributed by atoms with E-state index in [2.05, 4.69) is 63.5 Å². The molecule has 0 aliphatic carbocycles. The molecule has 4 heterocycles. The summed E-state index contributed by atoms with van der Waals surface area (Å²) in [6.07, 6.45) is 4.12. The highest BCUT2D eigenvalue weighted by Crippen LogP contribution is 2.27. The molecule has 1 N–H and O–H groups in total. The van der Waals surface area contributed by atoms with Gasteiger partial charge in [0.05, 0.1) is 18.0 Å². The van der Waals surface area contributed by atoms with Gasteiger partial charge in [0.15, 0.2) is 11.5 Å². The number of benzene rings is 1. The van der Waals surface area contributed by atoms with Crippen molar-refractivity contribution in [1.29, 1.82) is 0 Å². The van der Waals surface area contributed by atoms with Crippen LogP contribution < -0.4 is 5.32 Å². The zero-order valence-corrected chi connectivity index (χ0v) is 16.6. The van der Waals surface area contributed by atoms with Crippen LogP contribution in [0, 0.1) is 0 Å². The normalized spacial score (nSPS) is 11.3. The van der Waals surface area contributed by atoms with Gasteiger partial charge in [-0.2, -0.15) is 5.10 Å². The third-order valence-electron chi connectivity index (χ3n) is 4.76. The lowest BCUT2D eigenvalue weighted by atomic mass is 10.2. The Morgan fingerprint density at radius 1 is 0.897 bits per heavy atom. The Kier molecular flexibility index (Phi) is 4.90. The summed E-state index contributed by atoms with van der Waals surface area (Å²) in [7, 11) is 0. The smallest absolute Gasteiger partial charge is 0.160 e. The van der Waals surface area contributed by atoms with Gasteiger partial charge in [0, 0.05) is 24.5 Å².